The predicted octanol–water partition coefficient (Wildman–Crippen LogP) is 5.68. The highest BCUT2D eigenvalue weighted by atomic mass is 19.3. The Morgan fingerprint density at radius 2 is 1.78 bits per heavy atom. The number of halogens is 2. The van der Waals surface area contributed by atoms with Crippen LogP contribution in [0, 0.1) is 19.8 Å². The van der Waals surface area contributed by atoms with E-state index in [1.807, 2.05) is 20.0 Å². The Kier molecular flexibility index (Phi) is 6.14. The second kappa shape index (κ2) is 9.32. The molecular formula is C27H34F2N6O. The van der Waals surface area contributed by atoms with Crippen molar-refractivity contribution < 1.29 is 13.5 Å². The van der Waals surface area contributed by atoms with E-state index in [9.17, 15) is 8.78 Å². The molecule has 3 aromatic heterocycles. The van der Waals surface area contributed by atoms with E-state index in [1.54, 1.807) is 0 Å². The number of nitrogens with zero attached hydrogens (tertiary/aromatic N) is 6. The number of ether oxygens (including phenoxy) is 1. The van der Waals surface area contributed by atoms with Crippen molar-refractivity contribution >= 4 is 17.0 Å². The van der Waals surface area contributed by atoms with E-state index in [0.717, 1.165) is 40.7 Å². The van der Waals surface area contributed by atoms with Crippen molar-refractivity contribution in [1.29, 1.82) is 0 Å². The molecule has 2 atom stereocenters. The Labute approximate surface area is 210 Å². The van der Waals surface area contributed by atoms with Gasteiger partial charge in [0.1, 0.15) is 6.10 Å². The minimum Gasteiger partial charge on any atom is -0.367 e. The van der Waals surface area contributed by atoms with E-state index < -0.39 is 12.3 Å². The van der Waals surface area contributed by atoms with Gasteiger partial charge >= 0.3 is 0 Å². The van der Waals surface area contributed by atoms with Gasteiger partial charge in [0.15, 0.2) is 5.65 Å². The fourth-order valence-corrected chi connectivity index (χ4v) is 5.71. The van der Waals surface area contributed by atoms with Crippen molar-refractivity contribution in [2.45, 2.75) is 89.9 Å². The molecule has 0 N–H and O–H groups in total. The molecule has 2 aliphatic carbocycles. The van der Waals surface area contributed by atoms with E-state index in [4.69, 9.17) is 19.7 Å². The summed E-state index contributed by atoms with van der Waals surface area (Å²) in [6.07, 6.45) is 6.55. The van der Waals surface area contributed by atoms with E-state index >= 15 is 0 Å². The lowest BCUT2D eigenvalue weighted by Crippen LogP contribution is -2.43. The summed E-state index contributed by atoms with van der Waals surface area (Å²) in [4.78, 5) is 17.0. The third-order valence-electron chi connectivity index (χ3n) is 8.12. The Morgan fingerprint density at radius 1 is 1.00 bits per heavy atom. The van der Waals surface area contributed by atoms with Crippen LogP contribution in [0.3, 0.4) is 0 Å². The molecule has 0 aromatic carbocycles. The summed E-state index contributed by atoms with van der Waals surface area (Å²) in [5, 5.41) is 5.50. The average Bonchev–Trinajstić information content (AvgIpc) is 3.60. The monoisotopic (exact) mass is 496 g/mol. The highest BCUT2D eigenvalue weighted by molar-refractivity contribution is 5.80. The predicted molar refractivity (Wildman–Crippen MR) is 134 cm³/mol. The zero-order valence-corrected chi connectivity index (χ0v) is 21.2. The van der Waals surface area contributed by atoms with Crippen LogP contribution in [0.2, 0.25) is 0 Å². The topological polar surface area (TPSA) is 69.0 Å². The maximum atomic E-state index is 13.3. The Bertz CT molecular complexity index is 1250. The molecule has 3 aliphatic rings. The molecule has 9 heteroatoms. The van der Waals surface area contributed by atoms with Crippen LogP contribution in [0.1, 0.15) is 86.0 Å². The van der Waals surface area contributed by atoms with E-state index in [1.165, 1.54) is 12.8 Å². The maximum absolute atomic E-state index is 13.3. The van der Waals surface area contributed by atoms with Gasteiger partial charge in [-0.2, -0.15) is 10.1 Å². The van der Waals surface area contributed by atoms with Crippen molar-refractivity contribution in [2.24, 2.45) is 5.92 Å². The van der Waals surface area contributed by atoms with Gasteiger partial charge < -0.3 is 9.64 Å². The number of aryl methyl sites for hydroxylation is 2. The van der Waals surface area contributed by atoms with Crippen LogP contribution < -0.4 is 4.90 Å². The number of hydrogen-bond donors (Lipinski definition) is 0. The number of pyridine rings is 1. The summed E-state index contributed by atoms with van der Waals surface area (Å²) >= 11 is 0. The standard InChI is InChI=1S/C27H34F2N6O/c1-15-10-22-24(18-4-6-19(7-5-18)25(28)29)32-27(33-26(22)31-17(15)3)34-12-16(2)36-23(14-34)20-11-30-35(13-20)21-8-9-21/h10-11,13,16,18-19,21,23,25H,4-9,12,14H2,1-3H3/t16-,18?,19?,23-/m1/s1. The first-order valence-electron chi connectivity index (χ1n) is 13.2. The number of aromatic nitrogens is 5. The van der Waals surface area contributed by atoms with E-state index in [0.29, 0.717) is 43.6 Å². The normalized spacial score (nSPS) is 27.2. The lowest BCUT2D eigenvalue weighted by molar-refractivity contribution is -0.0179. The largest absolute Gasteiger partial charge is 0.367 e. The van der Waals surface area contributed by atoms with Gasteiger partial charge in [-0.3, -0.25) is 4.68 Å². The number of rotatable bonds is 5. The molecule has 36 heavy (non-hydrogen) atoms. The van der Waals surface area contributed by atoms with Gasteiger partial charge in [-0.05, 0) is 70.9 Å². The van der Waals surface area contributed by atoms with Crippen LogP contribution in [-0.4, -0.2) is 50.4 Å². The number of alkyl halides is 2. The van der Waals surface area contributed by atoms with E-state index in [2.05, 4.69) is 33.9 Å². The SMILES string of the molecule is Cc1cc2c(C3CCC(C(F)F)CC3)nc(N3C[C@@H](C)O[C@@H](c4cnn(C5CC5)c4)C3)nc2nc1C. The van der Waals surface area contributed by atoms with Gasteiger partial charge in [0.2, 0.25) is 12.4 Å². The quantitative estimate of drug-likeness (QED) is 0.453. The third kappa shape index (κ3) is 4.58. The molecule has 7 nitrogen and oxygen atoms in total. The van der Waals surface area contributed by atoms with Crippen molar-refractivity contribution in [1.82, 2.24) is 24.7 Å². The molecule has 1 saturated heterocycles. The molecule has 3 aromatic rings. The van der Waals surface area contributed by atoms with Crippen molar-refractivity contribution in [3.8, 4) is 0 Å². The molecule has 0 unspecified atom stereocenters. The number of anilines is 1. The molecule has 3 fully saturated rings. The lowest BCUT2D eigenvalue weighted by atomic mass is 9.80. The lowest BCUT2D eigenvalue weighted by Gasteiger charge is -2.37. The summed E-state index contributed by atoms with van der Waals surface area (Å²) in [6, 6.07) is 2.65. The van der Waals surface area contributed by atoms with Crippen molar-refractivity contribution in [2.75, 3.05) is 18.0 Å². The molecule has 0 spiro atoms. The first-order chi connectivity index (χ1) is 17.4. The van der Waals surface area contributed by atoms with Crippen molar-refractivity contribution in [3.05, 3.63) is 41.0 Å². The van der Waals surface area contributed by atoms with Gasteiger partial charge in [-0.15, -0.1) is 0 Å². The fraction of sp³-hybridized carbons (Fsp3) is 0.630. The van der Waals surface area contributed by atoms with Crippen LogP contribution in [0.25, 0.3) is 11.0 Å². The molecule has 0 amide bonds. The average molecular weight is 497 g/mol. The second-order valence-corrected chi connectivity index (χ2v) is 10.9. The van der Waals surface area contributed by atoms with Gasteiger partial charge in [-0.25, -0.2) is 18.7 Å². The Balaban J connectivity index is 1.33. The molecule has 6 rings (SSSR count). The summed E-state index contributed by atoms with van der Waals surface area (Å²) in [6.45, 7) is 7.43. The maximum Gasteiger partial charge on any atom is 0.241 e. The van der Waals surface area contributed by atoms with Gasteiger partial charge in [0, 0.05) is 41.2 Å². The number of fused-ring (bicyclic) bond motifs is 1. The minimum absolute atomic E-state index is 0.00460. The Morgan fingerprint density at radius 3 is 2.50 bits per heavy atom. The third-order valence-corrected chi connectivity index (χ3v) is 8.12. The summed E-state index contributed by atoms with van der Waals surface area (Å²) in [5.74, 6) is 0.284. The van der Waals surface area contributed by atoms with Gasteiger partial charge in [0.25, 0.3) is 0 Å². The summed E-state index contributed by atoms with van der Waals surface area (Å²) in [7, 11) is 0. The number of hydrogen-bond acceptors (Lipinski definition) is 6. The minimum atomic E-state index is -2.24. The zero-order chi connectivity index (χ0) is 25.0. The molecular weight excluding hydrogens is 462 g/mol. The Hall–Kier alpha value is -2.68. The second-order valence-electron chi connectivity index (χ2n) is 10.9. The van der Waals surface area contributed by atoms with Crippen LogP contribution in [0.4, 0.5) is 14.7 Å². The summed E-state index contributed by atoms with van der Waals surface area (Å²) < 4.78 is 35.0. The highest BCUT2D eigenvalue weighted by Gasteiger charge is 2.33. The van der Waals surface area contributed by atoms with Crippen LogP contribution in [0.15, 0.2) is 18.5 Å². The fourth-order valence-electron chi connectivity index (χ4n) is 5.71. The van der Waals surface area contributed by atoms with E-state index in [-0.39, 0.29) is 18.1 Å². The summed E-state index contributed by atoms with van der Waals surface area (Å²) in [5.41, 5.74) is 4.76. The first-order valence-corrected chi connectivity index (χ1v) is 13.2. The van der Waals surface area contributed by atoms with Gasteiger partial charge in [-0.1, -0.05) is 0 Å². The first kappa shape index (κ1) is 23.7. The van der Waals surface area contributed by atoms with Gasteiger partial charge in [0.05, 0.1) is 30.6 Å². The van der Waals surface area contributed by atoms with Crippen molar-refractivity contribution in [3.63, 3.8) is 0 Å². The van der Waals surface area contributed by atoms with Crippen LogP contribution in [0.5, 0.6) is 0 Å². The molecule has 0 radical (unpaired) electrons. The molecule has 2 saturated carbocycles. The molecule has 0 bridgehead atoms. The smallest absolute Gasteiger partial charge is 0.241 e. The molecule has 1 aliphatic heterocycles. The number of morpholine rings is 1. The zero-order valence-electron chi connectivity index (χ0n) is 21.2. The molecule has 4 heterocycles. The van der Waals surface area contributed by atoms with Crippen LogP contribution >= 0.6 is 0 Å². The van der Waals surface area contributed by atoms with Crippen LogP contribution in [-0.2, 0) is 4.74 Å². The molecule has 192 valence electrons. The highest BCUT2D eigenvalue weighted by Crippen LogP contribution is 2.41.